The molecule has 0 atom stereocenters. The molecule has 0 spiro atoms. The van der Waals surface area contributed by atoms with Crippen molar-refractivity contribution in [1.29, 1.82) is 0 Å². The van der Waals surface area contributed by atoms with Crippen LogP contribution in [0, 0.1) is 0 Å². The Hall–Kier alpha value is -2.38. The average Bonchev–Trinajstić information content (AvgIpc) is 3.40. The third kappa shape index (κ3) is 4.00. The topological polar surface area (TPSA) is 89.7 Å². The number of nitrogens with zero attached hydrogens (tertiary/aromatic N) is 1. The van der Waals surface area contributed by atoms with Crippen molar-refractivity contribution in [2.45, 2.75) is 29.5 Å². The fraction of sp³-hybridized carbons (Fsp3) is 0.278. The first-order chi connectivity index (χ1) is 11.9. The van der Waals surface area contributed by atoms with Crippen molar-refractivity contribution in [3.63, 3.8) is 0 Å². The zero-order valence-electron chi connectivity index (χ0n) is 13.9. The van der Waals surface area contributed by atoms with Crippen molar-refractivity contribution in [3.05, 3.63) is 59.7 Å². The van der Waals surface area contributed by atoms with Gasteiger partial charge in [-0.1, -0.05) is 18.2 Å². The van der Waals surface area contributed by atoms with Crippen molar-refractivity contribution in [2.75, 3.05) is 12.8 Å². The Morgan fingerprint density at radius 2 is 1.88 bits per heavy atom. The lowest BCUT2D eigenvalue weighted by molar-refractivity contribution is -0.0970. The van der Waals surface area contributed by atoms with E-state index in [9.17, 15) is 13.2 Å². The monoisotopic (exact) mass is 360 g/mol. The zero-order chi connectivity index (χ0) is 18.0. The summed E-state index contributed by atoms with van der Waals surface area (Å²) in [5.74, 6) is -0.501. The summed E-state index contributed by atoms with van der Waals surface area (Å²) >= 11 is 0. The van der Waals surface area contributed by atoms with Crippen LogP contribution in [-0.4, -0.2) is 31.7 Å². The summed E-state index contributed by atoms with van der Waals surface area (Å²) in [6.07, 6.45) is 1.37. The summed E-state index contributed by atoms with van der Waals surface area (Å²) in [7, 11) is -1.78. The van der Waals surface area contributed by atoms with Crippen LogP contribution in [0.4, 0.5) is 5.69 Å². The fourth-order valence-electron chi connectivity index (χ4n) is 2.60. The quantitative estimate of drug-likeness (QED) is 0.628. The second-order valence-electron chi connectivity index (χ2n) is 6.14. The maximum atomic E-state index is 12.6. The molecule has 1 aliphatic rings. The smallest absolute Gasteiger partial charge is 0.357 e. The molecular weight excluding hydrogens is 340 g/mol. The molecule has 7 heteroatoms. The van der Waals surface area contributed by atoms with Crippen LogP contribution in [0.5, 0.6) is 0 Å². The van der Waals surface area contributed by atoms with E-state index < -0.39 is 15.8 Å². The fourth-order valence-corrected chi connectivity index (χ4v) is 4.46. The minimum atomic E-state index is -3.36. The maximum absolute atomic E-state index is 12.6. The largest absolute Gasteiger partial charge is 0.399 e. The molecule has 132 valence electrons. The number of nitrogens with two attached hydrogens (primary N) is 1. The summed E-state index contributed by atoms with van der Waals surface area (Å²) in [6.45, 7) is 0.130. The number of hydrogen-bond donors (Lipinski definition) is 1. The molecule has 2 N–H and O–H groups in total. The number of anilines is 1. The molecule has 0 aliphatic heterocycles. The minimum Gasteiger partial charge on any atom is -0.399 e. The lowest BCUT2D eigenvalue weighted by atomic mass is 10.2. The molecule has 6 nitrogen and oxygen atoms in total. The van der Waals surface area contributed by atoms with E-state index in [0.717, 1.165) is 0 Å². The van der Waals surface area contributed by atoms with Gasteiger partial charge in [-0.05, 0) is 48.7 Å². The van der Waals surface area contributed by atoms with Crippen molar-refractivity contribution in [3.8, 4) is 0 Å². The standard InChI is InChI=1S/C18H20N2O4S/c1-20(24-18(21)13-5-3-2-4-6-13)12-14-11-15(19)7-10-17(14)25(22,23)16-8-9-16/h2-7,10-11,16H,8-9,12,19H2,1H3. The highest BCUT2D eigenvalue weighted by Gasteiger charge is 2.38. The Morgan fingerprint density at radius 1 is 1.20 bits per heavy atom. The zero-order valence-corrected chi connectivity index (χ0v) is 14.7. The van der Waals surface area contributed by atoms with Gasteiger partial charge in [-0.3, -0.25) is 0 Å². The van der Waals surface area contributed by atoms with Crippen molar-refractivity contribution in [1.82, 2.24) is 5.06 Å². The van der Waals surface area contributed by atoms with Gasteiger partial charge in [0.05, 0.1) is 22.3 Å². The second-order valence-corrected chi connectivity index (χ2v) is 8.34. The highest BCUT2D eigenvalue weighted by Crippen LogP contribution is 2.35. The first kappa shape index (κ1) is 17.4. The molecule has 1 aliphatic carbocycles. The Kier molecular flexibility index (Phi) is 4.78. The molecule has 0 unspecified atom stereocenters. The summed E-state index contributed by atoms with van der Waals surface area (Å²) in [5.41, 5.74) is 7.22. The number of carbonyl (C=O) groups is 1. The van der Waals surface area contributed by atoms with Gasteiger partial charge in [-0.25, -0.2) is 13.2 Å². The van der Waals surface area contributed by atoms with Crippen LogP contribution in [0.1, 0.15) is 28.8 Å². The van der Waals surface area contributed by atoms with E-state index in [1.807, 2.05) is 6.07 Å². The number of rotatable bonds is 6. The molecular formula is C18H20N2O4S. The number of hydrogen-bond acceptors (Lipinski definition) is 6. The second kappa shape index (κ2) is 6.85. The van der Waals surface area contributed by atoms with Gasteiger partial charge >= 0.3 is 5.97 Å². The number of benzene rings is 2. The van der Waals surface area contributed by atoms with E-state index in [4.69, 9.17) is 10.6 Å². The van der Waals surface area contributed by atoms with Crippen LogP contribution in [0.15, 0.2) is 53.4 Å². The van der Waals surface area contributed by atoms with E-state index in [1.54, 1.807) is 43.4 Å². The Balaban J connectivity index is 1.78. The molecule has 2 aromatic carbocycles. The van der Waals surface area contributed by atoms with Crippen LogP contribution < -0.4 is 5.73 Å². The third-order valence-electron chi connectivity index (χ3n) is 4.00. The maximum Gasteiger partial charge on any atom is 0.357 e. The lowest BCUT2D eigenvalue weighted by Gasteiger charge is -2.18. The van der Waals surface area contributed by atoms with E-state index in [2.05, 4.69) is 0 Å². The van der Waals surface area contributed by atoms with Crippen LogP contribution >= 0.6 is 0 Å². The Morgan fingerprint density at radius 3 is 2.52 bits per heavy atom. The van der Waals surface area contributed by atoms with Crippen LogP contribution in [0.25, 0.3) is 0 Å². The van der Waals surface area contributed by atoms with Crippen molar-refractivity contribution in [2.24, 2.45) is 0 Å². The molecule has 0 aromatic heterocycles. The molecule has 1 fully saturated rings. The normalized spacial score (nSPS) is 14.5. The summed E-state index contributed by atoms with van der Waals surface area (Å²) in [5, 5.41) is 1.00. The predicted molar refractivity (Wildman–Crippen MR) is 94.4 cm³/mol. The summed E-state index contributed by atoms with van der Waals surface area (Å²) in [6, 6.07) is 13.3. The van der Waals surface area contributed by atoms with Crippen LogP contribution in [0.2, 0.25) is 0 Å². The first-order valence-electron chi connectivity index (χ1n) is 7.98. The number of nitrogen functional groups attached to an aromatic ring is 1. The molecule has 0 bridgehead atoms. The first-order valence-corrected chi connectivity index (χ1v) is 9.53. The molecule has 0 heterocycles. The Labute approximate surface area is 147 Å². The van der Waals surface area contributed by atoms with Crippen LogP contribution in [0.3, 0.4) is 0 Å². The van der Waals surface area contributed by atoms with Crippen LogP contribution in [-0.2, 0) is 21.2 Å². The lowest BCUT2D eigenvalue weighted by Crippen LogP contribution is -2.24. The van der Waals surface area contributed by atoms with Gasteiger partial charge in [0.1, 0.15) is 0 Å². The van der Waals surface area contributed by atoms with E-state index in [1.165, 1.54) is 11.1 Å². The highest BCUT2D eigenvalue weighted by atomic mass is 32.2. The molecule has 25 heavy (non-hydrogen) atoms. The van der Waals surface area contributed by atoms with Gasteiger partial charge in [0.25, 0.3) is 0 Å². The van der Waals surface area contributed by atoms with E-state index in [-0.39, 0.29) is 16.7 Å². The van der Waals surface area contributed by atoms with Gasteiger partial charge in [0, 0.05) is 12.7 Å². The number of carbonyl (C=O) groups excluding carboxylic acids is 1. The third-order valence-corrected chi connectivity index (χ3v) is 6.36. The van der Waals surface area contributed by atoms with Gasteiger partial charge in [-0.15, -0.1) is 5.06 Å². The highest BCUT2D eigenvalue weighted by molar-refractivity contribution is 7.92. The SMILES string of the molecule is CN(Cc1cc(N)ccc1S(=O)(=O)C1CC1)OC(=O)c1ccccc1. The number of sulfone groups is 1. The van der Waals surface area contributed by atoms with Gasteiger partial charge in [0.15, 0.2) is 9.84 Å². The summed E-state index contributed by atoms with van der Waals surface area (Å²) in [4.78, 5) is 17.6. The Bertz CT molecular complexity index is 877. The number of hydroxylamine groups is 2. The summed E-state index contributed by atoms with van der Waals surface area (Å²) < 4.78 is 25.2. The van der Waals surface area contributed by atoms with E-state index >= 15 is 0 Å². The molecule has 1 saturated carbocycles. The molecule has 3 rings (SSSR count). The predicted octanol–water partition coefficient (Wildman–Crippen LogP) is 2.41. The molecule has 0 amide bonds. The van der Waals surface area contributed by atoms with Gasteiger partial charge in [0.2, 0.25) is 0 Å². The average molecular weight is 360 g/mol. The molecule has 0 radical (unpaired) electrons. The molecule has 2 aromatic rings. The van der Waals surface area contributed by atoms with Gasteiger partial charge in [-0.2, -0.15) is 0 Å². The van der Waals surface area contributed by atoms with E-state index in [0.29, 0.717) is 29.7 Å². The van der Waals surface area contributed by atoms with Crippen molar-refractivity contribution < 1.29 is 18.0 Å². The molecule has 0 saturated heterocycles. The minimum absolute atomic E-state index is 0.130. The van der Waals surface area contributed by atoms with Crippen molar-refractivity contribution >= 4 is 21.5 Å². The van der Waals surface area contributed by atoms with Gasteiger partial charge < -0.3 is 10.6 Å².